The van der Waals surface area contributed by atoms with E-state index < -0.39 is 0 Å². The zero-order valence-corrected chi connectivity index (χ0v) is 11.2. The van der Waals surface area contributed by atoms with Gasteiger partial charge in [0.15, 0.2) is 5.12 Å². The molecule has 0 bridgehead atoms. The Morgan fingerprint density at radius 1 is 1.33 bits per heavy atom. The third-order valence-electron chi connectivity index (χ3n) is 3.29. The normalized spacial score (nSPS) is 17.7. The van der Waals surface area contributed by atoms with Crippen molar-refractivity contribution in [3.05, 3.63) is 45.9 Å². The molecule has 2 aromatic heterocycles. The maximum Gasteiger partial charge on any atom is 0.219 e. The molecule has 1 unspecified atom stereocenters. The van der Waals surface area contributed by atoms with Gasteiger partial charge in [-0.1, -0.05) is 6.07 Å². The topological polar surface area (TPSA) is 39.1 Å². The molecule has 2 aromatic rings. The standard InChI is InChI=1S/C13H11NO2S2/c15-12(11-2-1-7-18-11)10-4-3-9-8(13(16)17)5-6-14(9)10/h1-4,7-8H,5-6H2,(H,16,17). The van der Waals surface area contributed by atoms with Crippen LogP contribution in [0.3, 0.4) is 0 Å². The number of fused-ring (bicyclic) bond motifs is 1. The fourth-order valence-electron chi connectivity index (χ4n) is 2.43. The van der Waals surface area contributed by atoms with Gasteiger partial charge in [-0.05, 0) is 30.0 Å². The van der Waals surface area contributed by atoms with Crippen LogP contribution >= 0.6 is 24.0 Å². The molecule has 1 aliphatic rings. The van der Waals surface area contributed by atoms with Crippen LogP contribution in [0.2, 0.25) is 0 Å². The van der Waals surface area contributed by atoms with Crippen LogP contribution in [0.4, 0.5) is 0 Å². The van der Waals surface area contributed by atoms with Crippen molar-refractivity contribution in [3.8, 4) is 0 Å². The molecule has 0 aromatic carbocycles. The summed E-state index contributed by atoms with van der Waals surface area (Å²) in [6.07, 6.45) is 0.739. The van der Waals surface area contributed by atoms with Gasteiger partial charge in [-0.3, -0.25) is 9.59 Å². The summed E-state index contributed by atoms with van der Waals surface area (Å²) in [6.45, 7) is 0.714. The number of thiophene rings is 1. The number of hydrogen-bond donors (Lipinski definition) is 1. The van der Waals surface area contributed by atoms with Crippen molar-refractivity contribution in [1.29, 1.82) is 0 Å². The number of carbonyl (C=O) groups is 2. The highest BCUT2D eigenvalue weighted by Crippen LogP contribution is 2.33. The van der Waals surface area contributed by atoms with Crippen LogP contribution in [0, 0.1) is 0 Å². The molecule has 92 valence electrons. The van der Waals surface area contributed by atoms with E-state index >= 15 is 0 Å². The minimum atomic E-state index is -0.168. The van der Waals surface area contributed by atoms with Gasteiger partial charge in [0.05, 0.1) is 16.5 Å². The van der Waals surface area contributed by atoms with E-state index in [0.717, 1.165) is 17.0 Å². The molecule has 18 heavy (non-hydrogen) atoms. The van der Waals surface area contributed by atoms with Crippen molar-refractivity contribution in [2.45, 2.75) is 18.9 Å². The maximum absolute atomic E-state index is 12.3. The number of nitrogens with zero attached hydrogens (tertiary/aromatic N) is 1. The molecule has 3 rings (SSSR count). The van der Waals surface area contributed by atoms with E-state index in [1.165, 1.54) is 11.3 Å². The number of carbonyl (C=O) groups excluding carboxylic acids is 2. The van der Waals surface area contributed by atoms with Crippen molar-refractivity contribution in [3.63, 3.8) is 0 Å². The molecule has 0 aliphatic carbocycles. The number of ketones is 1. The smallest absolute Gasteiger partial charge is 0.219 e. The number of hydrogen-bond acceptors (Lipinski definition) is 3. The zero-order chi connectivity index (χ0) is 12.7. The maximum atomic E-state index is 12.3. The van der Waals surface area contributed by atoms with E-state index in [1.807, 2.05) is 28.1 Å². The summed E-state index contributed by atoms with van der Waals surface area (Å²) in [5.74, 6) is -0.137. The lowest BCUT2D eigenvalue weighted by Gasteiger charge is -2.04. The summed E-state index contributed by atoms with van der Waals surface area (Å²) in [5, 5.41) is 1.77. The molecule has 0 spiro atoms. The number of aromatic nitrogens is 1. The first kappa shape index (κ1) is 11.7. The van der Waals surface area contributed by atoms with Gasteiger partial charge in [0.25, 0.3) is 0 Å². The SMILES string of the molecule is O=C(c1cccs1)c1ccc2n1CCC2C(=O)S. The van der Waals surface area contributed by atoms with E-state index in [0.29, 0.717) is 12.2 Å². The molecule has 0 N–H and O–H groups in total. The molecule has 1 atom stereocenters. The minimum Gasteiger partial charge on any atom is -0.341 e. The summed E-state index contributed by atoms with van der Waals surface area (Å²) in [6, 6.07) is 7.36. The van der Waals surface area contributed by atoms with E-state index in [9.17, 15) is 9.59 Å². The summed E-state index contributed by atoms with van der Waals surface area (Å²) >= 11 is 5.34. The fraction of sp³-hybridized carbons (Fsp3) is 0.231. The molecule has 3 heterocycles. The second kappa shape index (κ2) is 4.40. The van der Waals surface area contributed by atoms with Crippen LogP contribution in [0.1, 0.15) is 33.4 Å². The van der Waals surface area contributed by atoms with Gasteiger partial charge in [0.2, 0.25) is 5.78 Å². The second-order valence-corrected chi connectivity index (χ2v) is 5.67. The Bertz CT molecular complexity index is 613. The van der Waals surface area contributed by atoms with Crippen LogP contribution < -0.4 is 0 Å². The molecule has 0 radical (unpaired) electrons. The highest BCUT2D eigenvalue weighted by molar-refractivity contribution is 7.96. The Morgan fingerprint density at radius 3 is 2.83 bits per heavy atom. The largest absolute Gasteiger partial charge is 0.341 e. The quantitative estimate of drug-likeness (QED) is 0.692. The molecular formula is C13H11NO2S2. The Labute approximate surface area is 114 Å². The molecule has 0 fully saturated rings. The van der Waals surface area contributed by atoms with Crippen LogP contribution in [-0.2, 0) is 11.3 Å². The van der Waals surface area contributed by atoms with Crippen molar-refractivity contribution in [2.75, 3.05) is 0 Å². The lowest BCUT2D eigenvalue weighted by Crippen LogP contribution is -2.07. The third-order valence-corrected chi connectivity index (χ3v) is 4.47. The van der Waals surface area contributed by atoms with Crippen LogP contribution in [-0.4, -0.2) is 15.5 Å². The zero-order valence-electron chi connectivity index (χ0n) is 9.50. The van der Waals surface area contributed by atoms with Gasteiger partial charge in [-0.15, -0.1) is 24.0 Å². The lowest BCUT2D eigenvalue weighted by molar-refractivity contribution is -0.112. The highest BCUT2D eigenvalue weighted by atomic mass is 32.1. The van der Waals surface area contributed by atoms with Crippen LogP contribution in [0.15, 0.2) is 29.6 Å². The first-order chi connectivity index (χ1) is 8.68. The first-order valence-corrected chi connectivity index (χ1v) is 7.01. The second-order valence-electron chi connectivity index (χ2n) is 4.28. The van der Waals surface area contributed by atoms with Crippen molar-refractivity contribution in [1.82, 2.24) is 4.57 Å². The molecule has 1 aliphatic heterocycles. The number of thiol groups is 1. The first-order valence-electron chi connectivity index (χ1n) is 5.69. The predicted octanol–water partition coefficient (Wildman–Crippen LogP) is 2.72. The van der Waals surface area contributed by atoms with Gasteiger partial charge >= 0.3 is 0 Å². The molecule has 0 amide bonds. The molecule has 3 nitrogen and oxygen atoms in total. The fourth-order valence-corrected chi connectivity index (χ4v) is 3.36. The Kier molecular flexibility index (Phi) is 2.87. The third kappa shape index (κ3) is 1.74. The van der Waals surface area contributed by atoms with E-state index in [2.05, 4.69) is 12.6 Å². The molecule has 5 heteroatoms. The Hall–Kier alpha value is -1.33. The summed E-state index contributed by atoms with van der Waals surface area (Å²) in [7, 11) is 0. The Morgan fingerprint density at radius 2 is 2.17 bits per heavy atom. The van der Waals surface area contributed by atoms with E-state index in [4.69, 9.17) is 0 Å². The number of rotatable bonds is 3. The van der Waals surface area contributed by atoms with Gasteiger partial charge < -0.3 is 4.57 Å². The monoisotopic (exact) mass is 277 g/mol. The van der Waals surface area contributed by atoms with Crippen LogP contribution in [0.25, 0.3) is 0 Å². The lowest BCUT2D eigenvalue weighted by atomic mass is 10.1. The Balaban J connectivity index is 2.00. The van der Waals surface area contributed by atoms with Gasteiger partial charge in [0, 0.05) is 12.2 Å². The van der Waals surface area contributed by atoms with Crippen LogP contribution in [0.5, 0.6) is 0 Å². The van der Waals surface area contributed by atoms with Gasteiger partial charge in [0.1, 0.15) is 0 Å². The summed E-state index contributed by atoms with van der Waals surface area (Å²) < 4.78 is 1.95. The average molecular weight is 277 g/mol. The predicted molar refractivity (Wildman–Crippen MR) is 73.5 cm³/mol. The van der Waals surface area contributed by atoms with Gasteiger partial charge in [-0.25, -0.2) is 0 Å². The highest BCUT2D eigenvalue weighted by Gasteiger charge is 2.30. The average Bonchev–Trinajstić information content (AvgIpc) is 3.04. The van der Waals surface area contributed by atoms with E-state index in [-0.39, 0.29) is 16.8 Å². The van der Waals surface area contributed by atoms with Crippen molar-refractivity contribution in [2.24, 2.45) is 0 Å². The minimum absolute atomic E-state index is 0.0310. The summed E-state index contributed by atoms with van der Waals surface area (Å²) in [4.78, 5) is 24.4. The van der Waals surface area contributed by atoms with Gasteiger partial charge in [-0.2, -0.15) is 0 Å². The molecular weight excluding hydrogens is 266 g/mol. The van der Waals surface area contributed by atoms with Crippen molar-refractivity contribution < 1.29 is 9.59 Å². The molecule has 0 saturated carbocycles. The molecule has 0 saturated heterocycles. The summed E-state index contributed by atoms with van der Waals surface area (Å²) in [5.41, 5.74) is 1.58. The van der Waals surface area contributed by atoms with E-state index in [1.54, 1.807) is 6.07 Å². The van der Waals surface area contributed by atoms with Crippen molar-refractivity contribution >= 4 is 34.9 Å².